The van der Waals surface area contributed by atoms with Crippen molar-refractivity contribution in [1.29, 1.82) is 0 Å². The number of halogens is 1. The third-order valence-electron chi connectivity index (χ3n) is 3.33. The van der Waals surface area contributed by atoms with Gasteiger partial charge in [-0.2, -0.15) is 0 Å². The molecule has 2 rings (SSSR count). The van der Waals surface area contributed by atoms with E-state index in [1.807, 2.05) is 0 Å². The topological polar surface area (TPSA) is 103 Å². The zero-order valence-corrected chi connectivity index (χ0v) is 15.3. The minimum atomic E-state index is -0.450. The maximum Gasteiger partial charge on any atom is 0.323 e. The summed E-state index contributed by atoms with van der Waals surface area (Å²) in [6.45, 7) is 0.196. The van der Waals surface area contributed by atoms with Crippen LogP contribution in [0.2, 0.25) is 0 Å². The fraction of sp³-hybridized carbons (Fsp3) is 0.235. The summed E-state index contributed by atoms with van der Waals surface area (Å²) < 4.78 is 6.00. The minimum Gasteiger partial charge on any atom is -0.497 e. The van der Waals surface area contributed by atoms with Crippen LogP contribution in [0.3, 0.4) is 0 Å². The van der Waals surface area contributed by atoms with Crippen molar-refractivity contribution < 1.29 is 19.7 Å². The summed E-state index contributed by atoms with van der Waals surface area (Å²) >= 11 is 3.34. The van der Waals surface area contributed by atoms with E-state index < -0.39 is 6.03 Å². The zero-order chi connectivity index (χ0) is 18.2. The molecule has 0 aliphatic carbocycles. The third kappa shape index (κ3) is 5.63. The van der Waals surface area contributed by atoms with E-state index in [4.69, 9.17) is 9.84 Å². The molecule has 0 saturated carbocycles. The van der Waals surface area contributed by atoms with Gasteiger partial charge in [0.1, 0.15) is 5.75 Å². The maximum absolute atomic E-state index is 12.3. The lowest BCUT2D eigenvalue weighted by molar-refractivity contribution is 0.262. The van der Waals surface area contributed by atoms with E-state index in [1.165, 1.54) is 7.11 Å². The first-order chi connectivity index (χ1) is 12.0. The number of aliphatic hydroxyl groups excluding tert-OH is 2. The lowest BCUT2D eigenvalue weighted by atomic mass is 10.2. The smallest absolute Gasteiger partial charge is 0.323 e. The molecule has 0 saturated heterocycles. The molecule has 0 aliphatic heterocycles. The molecule has 2 aromatic rings. The van der Waals surface area contributed by atoms with E-state index in [9.17, 15) is 9.90 Å². The van der Waals surface area contributed by atoms with Gasteiger partial charge in [0, 0.05) is 45.8 Å². The monoisotopic (exact) mass is 409 g/mol. The normalized spacial score (nSPS) is 10.2. The Hall–Kier alpha value is -2.29. The van der Waals surface area contributed by atoms with Gasteiger partial charge in [0.05, 0.1) is 20.3 Å². The molecule has 7 nitrogen and oxygen atoms in total. The van der Waals surface area contributed by atoms with Crippen molar-refractivity contribution in [2.24, 2.45) is 0 Å². The van der Waals surface area contributed by atoms with Crippen LogP contribution in [0.15, 0.2) is 40.9 Å². The van der Waals surface area contributed by atoms with Crippen LogP contribution < -0.4 is 20.7 Å². The van der Waals surface area contributed by atoms with Crippen LogP contribution >= 0.6 is 15.9 Å². The van der Waals surface area contributed by atoms with Crippen molar-refractivity contribution >= 4 is 39.0 Å². The Morgan fingerprint density at radius 2 is 1.88 bits per heavy atom. The fourth-order valence-electron chi connectivity index (χ4n) is 2.18. The lowest BCUT2D eigenvalue weighted by Gasteiger charge is -2.13. The molecule has 0 fully saturated rings. The Labute approximate surface area is 154 Å². The molecular formula is C17H20BrN3O4. The quantitative estimate of drug-likeness (QED) is 0.483. The van der Waals surface area contributed by atoms with Crippen molar-refractivity contribution in [3.05, 3.63) is 46.4 Å². The van der Waals surface area contributed by atoms with Crippen LogP contribution in [0.1, 0.15) is 5.56 Å². The van der Waals surface area contributed by atoms with Gasteiger partial charge >= 0.3 is 6.03 Å². The van der Waals surface area contributed by atoms with Crippen LogP contribution in [-0.4, -0.2) is 36.5 Å². The molecule has 5 N–H and O–H groups in total. The summed E-state index contributed by atoms with van der Waals surface area (Å²) in [5, 5.41) is 26.7. The van der Waals surface area contributed by atoms with E-state index >= 15 is 0 Å². The van der Waals surface area contributed by atoms with Crippen molar-refractivity contribution in [3.63, 3.8) is 0 Å². The molecule has 2 amide bonds. The Kier molecular flexibility index (Phi) is 7.05. The summed E-state index contributed by atoms with van der Waals surface area (Å²) in [4.78, 5) is 12.3. The van der Waals surface area contributed by atoms with E-state index in [1.54, 1.807) is 36.4 Å². The number of ether oxygens (including phenoxy) is 1. The summed E-state index contributed by atoms with van der Waals surface area (Å²) in [5.74, 6) is 0.566. The number of hydrogen-bond donors (Lipinski definition) is 5. The number of aliphatic hydroxyl groups is 2. The van der Waals surface area contributed by atoms with Gasteiger partial charge in [0.25, 0.3) is 0 Å². The lowest BCUT2D eigenvalue weighted by Crippen LogP contribution is -2.20. The summed E-state index contributed by atoms with van der Waals surface area (Å²) in [6, 6.07) is 9.94. The Balaban J connectivity index is 2.13. The molecule has 134 valence electrons. The van der Waals surface area contributed by atoms with Crippen LogP contribution in [0.4, 0.5) is 21.9 Å². The van der Waals surface area contributed by atoms with Gasteiger partial charge < -0.3 is 30.9 Å². The molecule has 25 heavy (non-hydrogen) atoms. The van der Waals surface area contributed by atoms with Gasteiger partial charge in [-0.05, 0) is 18.2 Å². The van der Waals surface area contributed by atoms with Crippen LogP contribution in [0.5, 0.6) is 5.75 Å². The number of nitrogens with one attached hydrogen (secondary N) is 3. The summed E-state index contributed by atoms with van der Waals surface area (Å²) in [6.07, 6.45) is 0. The molecule has 0 aromatic heterocycles. The number of benzene rings is 2. The van der Waals surface area contributed by atoms with Gasteiger partial charge in [0.15, 0.2) is 0 Å². The standard InChI is InChI=1S/C17H20BrN3O4/c1-25-15-8-13(19-4-5-22)7-14(9-15)20-17(24)21-16-6-12(18)3-2-11(16)10-23/h2-3,6-9,19,22-23H,4-5,10H2,1H3,(H2,20,21,24). The molecule has 0 unspecified atom stereocenters. The van der Waals surface area contributed by atoms with Gasteiger partial charge in [-0.25, -0.2) is 4.79 Å². The highest BCUT2D eigenvalue weighted by Crippen LogP contribution is 2.25. The maximum atomic E-state index is 12.3. The average Bonchev–Trinajstić information content (AvgIpc) is 2.59. The van der Waals surface area contributed by atoms with Crippen molar-refractivity contribution in [1.82, 2.24) is 0 Å². The second kappa shape index (κ2) is 9.26. The molecule has 0 atom stereocenters. The van der Waals surface area contributed by atoms with Gasteiger partial charge in [-0.15, -0.1) is 0 Å². The molecule has 0 bridgehead atoms. The molecule has 8 heteroatoms. The van der Waals surface area contributed by atoms with Crippen LogP contribution in [0, 0.1) is 0 Å². The highest BCUT2D eigenvalue weighted by Gasteiger charge is 2.09. The zero-order valence-electron chi connectivity index (χ0n) is 13.7. The largest absolute Gasteiger partial charge is 0.497 e. The predicted octanol–water partition coefficient (Wildman–Crippen LogP) is 3.00. The third-order valence-corrected chi connectivity index (χ3v) is 3.82. The fourth-order valence-corrected chi connectivity index (χ4v) is 2.54. The van der Waals surface area contributed by atoms with E-state index in [-0.39, 0.29) is 13.2 Å². The molecule has 0 radical (unpaired) electrons. The second-order valence-corrected chi connectivity index (χ2v) is 6.05. The second-order valence-electron chi connectivity index (χ2n) is 5.14. The number of methoxy groups -OCH3 is 1. The minimum absolute atomic E-state index is 0.00667. The Bertz CT molecular complexity index is 740. The highest BCUT2D eigenvalue weighted by molar-refractivity contribution is 9.10. The molecule has 0 spiro atoms. The van der Waals surface area contributed by atoms with E-state index in [0.717, 1.165) is 4.47 Å². The Morgan fingerprint density at radius 1 is 1.12 bits per heavy atom. The Morgan fingerprint density at radius 3 is 2.56 bits per heavy atom. The summed E-state index contributed by atoms with van der Waals surface area (Å²) in [5.41, 5.74) is 2.35. The first-order valence-electron chi connectivity index (χ1n) is 7.57. The molecule has 0 aliphatic rings. The number of carbonyl (C=O) groups is 1. The van der Waals surface area contributed by atoms with Crippen molar-refractivity contribution in [3.8, 4) is 5.75 Å². The number of hydrogen-bond acceptors (Lipinski definition) is 5. The first-order valence-corrected chi connectivity index (χ1v) is 8.36. The van der Waals surface area contributed by atoms with Crippen molar-refractivity contribution in [2.75, 3.05) is 36.2 Å². The number of urea groups is 1. The predicted molar refractivity (Wildman–Crippen MR) is 101 cm³/mol. The van der Waals surface area contributed by atoms with Gasteiger partial charge in [0.2, 0.25) is 0 Å². The molecular weight excluding hydrogens is 390 g/mol. The first kappa shape index (κ1) is 19.0. The number of rotatable bonds is 7. The van der Waals surface area contributed by atoms with Crippen LogP contribution in [0.25, 0.3) is 0 Å². The molecule has 0 heterocycles. The number of anilines is 3. The number of carbonyl (C=O) groups excluding carboxylic acids is 1. The number of amides is 2. The average molecular weight is 410 g/mol. The van der Waals surface area contributed by atoms with Crippen molar-refractivity contribution in [2.45, 2.75) is 6.61 Å². The van der Waals surface area contributed by atoms with Gasteiger partial charge in [-0.1, -0.05) is 22.0 Å². The van der Waals surface area contributed by atoms with Crippen LogP contribution in [-0.2, 0) is 6.61 Å². The van der Waals surface area contributed by atoms with E-state index in [2.05, 4.69) is 31.9 Å². The highest BCUT2D eigenvalue weighted by atomic mass is 79.9. The SMILES string of the molecule is COc1cc(NCCO)cc(NC(=O)Nc2cc(Br)ccc2CO)c1. The van der Waals surface area contributed by atoms with E-state index in [0.29, 0.717) is 34.9 Å². The molecule has 2 aromatic carbocycles. The summed E-state index contributed by atoms with van der Waals surface area (Å²) in [7, 11) is 1.53. The van der Waals surface area contributed by atoms with Gasteiger partial charge in [-0.3, -0.25) is 0 Å².